The van der Waals surface area contributed by atoms with Gasteiger partial charge in [-0.25, -0.2) is 0 Å². The molecule has 3 amide bonds. The normalized spacial score (nSPS) is 21.9. The fourth-order valence-electron chi connectivity index (χ4n) is 2.90. The lowest BCUT2D eigenvalue weighted by Gasteiger charge is -2.33. The number of hydrogen-bond donors (Lipinski definition) is 3. The van der Waals surface area contributed by atoms with Gasteiger partial charge in [0.1, 0.15) is 0 Å². The number of anilines is 1. The van der Waals surface area contributed by atoms with Crippen molar-refractivity contribution in [2.75, 3.05) is 18.0 Å². The average molecular weight is 383 g/mol. The number of nitrogens with one attached hydrogen (secondary N) is 1. The molecular weight excluding hydrogens is 364 g/mol. The molecule has 0 saturated carbocycles. The zero-order valence-electron chi connectivity index (χ0n) is 13.4. The number of nitrogens with two attached hydrogens (primary N) is 2. The fraction of sp³-hybridized carbons (Fsp3) is 0.312. The zero-order valence-corrected chi connectivity index (χ0v) is 15.0. The van der Waals surface area contributed by atoms with Crippen LogP contribution < -0.4 is 21.7 Å². The number of hydrogen-bond acceptors (Lipinski definition) is 6. The number of thioether (sulfide) groups is 1. The van der Waals surface area contributed by atoms with Crippen molar-refractivity contribution in [3.63, 3.8) is 0 Å². The van der Waals surface area contributed by atoms with Gasteiger partial charge in [0.15, 0.2) is 0 Å². The SMILES string of the molecule is Cl.NC(=O)c1ccc(N2CCC[C@H](N)C2)c(/C=C2\SC(=O)NC2=O)c1. The Kier molecular flexibility index (Phi) is 6.10. The molecule has 0 aliphatic carbocycles. The molecule has 134 valence electrons. The van der Waals surface area contributed by atoms with Crippen LogP contribution in [0.1, 0.15) is 28.8 Å². The first kappa shape index (κ1) is 19.3. The Hall–Kier alpha value is -2.03. The van der Waals surface area contributed by atoms with Crippen molar-refractivity contribution < 1.29 is 14.4 Å². The van der Waals surface area contributed by atoms with Crippen LogP contribution >= 0.6 is 24.2 Å². The molecule has 1 aromatic rings. The van der Waals surface area contributed by atoms with Gasteiger partial charge in [-0.1, -0.05) is 0 Å². The van der Waals surface area contributed by atoms with Crippen LogP contribution in [0.3, 0.4) is 0 Å². The van der Waals surface area contributed by atoms with Crippen molar-refractivity contribution in [3.8, 4) is 0 Å². The summed E-state index contributed by atoms with van der Waals surface area (Å²) in [6.45, 7) is 1.54. The van der Waals surface area contributed by atoms with E-state index >= 15 is 0 Å². The second-order valence-electron chi connectivity index (χ2n) is 5.84. The van der Waals surface area contributed by atoms with Gasteiger partial charge in [0.2, 0.25) is 5.91 Å². The van der Waals surface area contributed by atoms with E-state index in [-0.39, 0.29) is 18.4 Å². The molecule has 0 unspecified atom stereocenters. The molecule has 25 heavy (non-hydrogen) atoms. The fourth-order valence-corrected chi connectivity index (χ4v) is 3.58. The topological polar surface area (TPSA) is 119 Å². The van der Waals surface area contributed by atoms with E-state index in [1.165, 1.54) is 0 Å². The summed E-state index contributed by atoms with van der Waals surface area (Å²) in [5.41, 5.74) is 13.3. The van der Waals surface area contributed by atoms with Crippen LogP contribution in [0, 0.1) is 0 Å². The van der Waals surface area contributed by atoms with Crippen molar-refractivity contribution >= 4 is 53.0 Å². The maximum Gasteiger partial charge on any atom is 0.290 e. The summed E-state index contributed by atoms with van der Waals surface area (Å²) in [6.07, 6.45) is 3.56. The minimum absolute atomic E-state index is 0. The minimum Gasteiger partial charge on any atom is -0.369 e. The van der Waals surface area contributed by atoms with Gasteiger partial charge in [0.05, 0.1) is 4.91 Å². The van der Waals surface area contributed by atoms with Crippen LogP contribution in [0.25, 0.3) is 6.08 Å². The van der Waals surface area contributed by atoms with E-state index in [0.29, 0.717) is 22.6 Å². The monoisotopic (exact) mass is 382 g/mol. The van der Waals surface area contributed by atoms with Crippen LogP contribution in [0.5, 0.6) is 0 Å². The highest BCUT2D eigenvalue weighted by molar-refractivity contribution is 8.18. The van der Waals surface area contributed by atoms with Crippen molar-refractivity contribution in [2.45, 2.75) is 18.9 Å². The van der Waals surface area contributed by atoms with E-state index in [2.05, 4.69) is 10.2 Å². The summed E-state index contributed by atoms with van der Waals surface area (Å²) in [5.74, 6) is -0.980. The molecule has 1 atom stereocenters. The third kappa shape index (κ3) is 4.33. The lowest BCUT2D eigenvalue weighted by Crippen LogP contribution is -2.43. The maximum absolute atomic E-state index is 11.8. The molecule has 0 aromatic heterocycles. The Morgan fingerprint density at radius 2 is 2.12 bits per heavy atom. The summed E-state index contributed by atoms with van der Waals surface area (Å²) >= 11 is 0.841. The van der Waals surface area contributed by atoms with Gasteiger partial charge in [-0.3, -0.25) is 19.7 Å². The van der Waals surface area contributed by atoms with Gasteiger partial charge in [-0.2, -0.15) is 0 Å². The molecule has 0 spiro atoms. The highest BCUT2D eigenvalue weighted by Crippen LogP contribution is 2.31. The van der Waals surface area contributed by atoms with Gasteiger partial charge in [-0.15, -0.1) is 12.4 Å². The molecule has 2 saturated heterocycles. The predicted octanol–water partition coefficient (Wildman–Crippen LogP) is 1.46. The third-order valence-corrected chi connectivity index (χ3v) is 4.85. The first-order valence-electron chi connectivity index (χ1n) is 7.63. The van der Waals surface area contributed by atoms with Crippen LogP contribution in [0.4, 0.5) is 10.5 Å². The summed E-state index contributed by atoms with van der Waals surface area (Å²) in [5, 5.41) is 1.82. The van der Waals surface area contributed by atoms with E-state index in [1.54, 1.807) is 18.2 Å². The Labute approximate surface area is 155 Å². The molecule has 0 bridgehead atoms. The van der Waals surface area contributed by atoms with Gasteiger partial charge in [0.25, 0.3) is 11.1 Å². The highest BCUT2D eigenvalue weighted by atomic mass is 35.5. The average Bonchev–Trinajstić information content (AvgIpc) is 2.84. The molecule has 1 aromatic carbocycles. The lowest BCUT2D eigenvalue weighted by molar-refractivity contribution is -0.115. The first-order valence-corrected chi connectivity index (χ1v) is 8.45. The number of benzene rings is 1. The Balaban J connectivity index is 0.00000225. The standard InChI is InChI=1S/C16H18N4O3S.ClH/c17-11-2-1-5-20(8-11)12-4-3-9(14(18)21)6-10(12)7-13-15(22)19-16(23)24-13;/h3-4,6-7,11H,1-2,5,8,17H2,(H2,18,21)(H,19,22,23);1H/b13-7-;/t11-;/m0./s1. The van der Waals surface area contributed by atoms with E-state index in [0.717, 1.165) is 36.8 Å². The zero-order chi connectivity index (χ0) is 17.3. The molecule has 2 aliphatic rings. The van der Waals surface area contributed by atoms with E-state index < -0.39 is 17.1 Å². The maximum atomic E-state index is 11.8. The number of carbonyl (C=O) groups is 3. The quantitative estimate of drug-likeness (QED) is 0.681. The van der Waals surface area contributed by atoms with Gasteiger partial charge in [-0.05, 0) is 54.4 Å². The Bertz CT molecular complexity index is 753. The van der Waals surface area contributed by atoms with E-state index in [4.69, 9.17) is 11.5 Å². The second kappa shape index (κ2) is 7.90. The lowest BCUT2D eigenvalue weighted by atomic mass is 10.0. The van der Waals surface area contributed by atoms with Crippen molar-refractivity contribution in [1.82, 2.24) is 5.32 Å². The molecule has 7 nitrogen and oxygen atoms in total. The number of halogens is 1. The van der Waals surface area contributed by atoms with Crippen LogP contribution in [-0.4, -0.2) is 36.2 Å². The minimum atomic E-state index is -0.545. The summed E-state index contributed by atoms with van der Waals surface area (Å²) < 4.78 is 0. The third-order valence-electron chi connectivity index (χ3n) is 4.04. The van der Waals surface area contributed by atoms with Gasteiger partial charge in [0, 0.05) is 30.4 Å². The van der Waals surface area contributed by atoms with Crippen LogP contribution in [-0.2, 0) is 4.79 Å². The largest absolute Gasteiger partial charge is 0.369 e. The number of amides is 3. The molecule has 5 N–H and O–H groups in total. The van der Waals surface area contributed by atoms with Crippen LogP contribution in [0.15, 0.2) is 23.1 Å². The first-order chi connectivity index (χ1) is 11.4. The Morgan fingerprint density at radius 1 is 1.36 bits per heavy atom. The van der Waals surface area contributed by atoms with Crippen molar-refractivity contribution in [2.24, 2.45) is 11.5 Å². The van der Waals surface area contributed by atoms with E-state index in [1.807, 2.05) is 6.07 Å². The molecule has 0 radical (unpaired) electrons. The number of nitrogens with zero attached hydrogens (tertiary/aromatic N) is 1. The highest BCUT2D eigenvalue weighted by Gasteiger charge is 2.26. The van der Waals surface area contributed by atoms with E-state index in [9.17, 15) is 14.4 Å². The molecule has 3 rings (SSSR count). The smallest absolute Gasteiger partial charge is 0.290 e. The van der Waals surface area contributed by atoms with Crippen molar-refractivity contribution in [3.05, 3.63) is 34.2 Å². The summed E-state index contributed by atoms with van der Waals surface area (Å²) in [7, 11) is 0. The predicted molar refractivity (Wildman–Crippen MR) is 101 cm³/mol. The Morgan fingerprint density at radius 3 is 2.72 bits per heavy atom. The molecule has 2 heterocycles. The molecule has 9 heteroatoms. The number of primary amides is 1. The molecule has 2 fully saturated rings. The van der Waals surface area contributed by atoms with Gasteiger partial charge >= 0.3 is 0 Å². The summed E-state index contributed by atoms with van der Waals surface area (Å²) in [6, 6.07) is 5.19. The molecule has 2 aliphatic heterocycles. The number of carbonyl (C=O) groups excluding carboxylic acids is 3. The van der Waals surface area contributed by atoms with Crippen LogP contribution in [0.2, 0.25) is 0 Å². The number of imide groups is 1. The second-order valence-corrected chi connectivity index (χ2v) is 6.85. The van der Waals surface area contributed by atoms with Crippen molar-refractivity contribution in [1.29, 1.82) is 0 Å². The van der Waals surface area contributed by atoms with Gasteiger partial charge < -0.3 is 16.4 Å². The number of piperidine rings is 1. The summed E-state index contributed by atoms with van der Waals surface area (Å²) in [4.78, 5) is 37.1. The number of rotatable bonds is 3. The molecular formula is C16H19ClN4O3S.